The number of benzene rings is 6. The third kappa shape index (κ3) is 8.36. The molecule has 0 atom stereocenters. The maximum absolute atomic E-state index is 2.70. The predicted molar refractivity (Wildman–Crippen MR) is 243 cm³/mol. The number of fused-ring (bicyclic) bond motifs is 5. The molecule has 0 saturated heterocycles. The van der Waals surface area contributed by atoms with Crippen molar-refractivity contribution < 1.29 is 46.1 Å². The minimum Gasteiger partial charge on any atom is -1.00 e. The Morgan fingerprint density at radius 1 is 0.586 bits per heavy atom. The zero-order valence-corrected chi connectivity index (χ0v) is 39.9. The van der Waals surface area contributed by atoms with Crippen molar-refractivity contribution in [1.29, 1.82) is 0 Å². The van der Waals surface area contributed by atoms with E-state index in [4.69, 9.17) is 0 Å². The van der Waals surface area contributed by atoms with Crippen LogP contribution in [0.5, 0.6) is 0 Å². The Hall–Kier alpha value is -3.35. The summed E-state index contributed by atoms with van der Waals surface area (Å²) in [5, 5.41) is 5.37. The van der Waals surface area contributed by atoms with Gasteiger partial charge in [-0.1, -0.05) is 0 Å². The van der Waals surface area contributed by atoms with Gasteiger partial charge in [-0.2, -0.15) is 0 Å². The van der Waals surface area contributed by atoms with Gasteiger partial charge in [0.1, 0.15) is 0 Å². The molecule has 6 aromatic carbocycles. The minimum absolute atomic E-state index is 0. The molecule has 3 heteroatoms. The second-order valence-electron chi connectivity index (χ2n) is 18.5. The molecule has 0 aromatic heterocycles. The molecule has 0 nitrogen and oxygen atoms in total. The van der Waals surface area contributed by atoms with E-state index >= 15 is 0 Å². The smallest absolute Gasteiger partial charge is 1.00 e. The molecule has 0 saturated carbocycles. The SMILES string of the molecule is CCCC[C](CCCC)=[Zr+2]([C]1=CC=CC1)[c]1c2c(cc(C(C)(C)C)c1-c1cccc3ccccc13)-c1cc(C(C)(C)C)c(-c3cccc4ccccc34)cc1C2.[Cl-].[Cl-]. The van der Waals surface area contributed by atoms with E-state index in [0.717, 1.165) is 12.8 Å². The van der Waals surface area contributed by atoms with Crippen LogP contribution in [0, 0.1) is 0 Å². The van der Waals surface area contributed by atoms with Crippen LogP contribution in [0.2, 0.25) is 0 Å². The Labute approximate surface area is 369 Å². The molecule has 0 unspecified atom stereocenters. The molecule has 0 heterocycles. The molecule has 0 bridgehead atoms. The summed E-state index contributed by atoms with van der Waals surface area (Å²) in [7, 11) is 0. The summed E-state index contributed by atoms with van der Waals surface area (Å²) < 4.78 is 5.49. The first kappa shape index (κ1) is 44.2. The average Bonchev–Trinajstić information content (AvgIpc) is 3.85. The van der Waals surface area contributed by atoms with Crippen LogP contribution in [0.4, 0.5) is 0 Å². The second-order valence-corrected chi connectivity index (χ2v) is 24.9. The van der Waals surface area contributed by atoms with Gasteiger partial charge < -0.3 is 24.8 Å². The van der Waals surface area contributed by atoms with Gasteiger partial charge in [0, 0.05) is 0 Å². The van der Waals surface area contributed by atoms with Crippen molar-refractivity contribution in [3.8, 4) is 33.4 Å². The van der Waals surface area contributed by atoms with Crippen molar-refractivity contribution in [2.24, 2.45) is 0 Å². The molecule has 298 valence electrons. The van der Waals surface area contributed by atoms with Crippen LogP contribution < -0.4 is 28.1 Å². The normalized spacial score (nSPS) is 13.1. The molecule has 0 fully saturated rings. The summed E-state index contributed by atoms with van der Waals surface area (Å²) in [6.07, 6.45) is 17.1. The first-order valence-electron chi connectivity index (χ1n) is 21.4. The van der Waals surface area contributed by atoms with Crippen molar-refractivity contribution in [1.82, 2.24) is 0 Å². The molecule has 2 aliphatic rings. The third-order valence-electron chi connectivity index (χ3n) is 12.5. The summed E-state index contributed by atoms with van der Waals surface area (Å²) in [5.41, 5.74) is 14.8. The second kappa shape index (κ2) is 18.1. The zero-order chi connectivity index (χ0) is 39.2. The summed E-state index contributed by atoms with van der Waals surface area (Å²) in [5.74, 6) is 0. The fraction of sp³-hybridized carbons (Fsp3) is 0.327. The van der Waals surface area contributed by atoms with Crippen molar-refractivity contribution in [3.05, 3.63) is 147 Å². The van der Waals surface area contributed by atoms with Crippen LogP contribution in [0.25, 0.3) is 54.9 Å². The Balaban J connectivity index is 0.00000283. The van der Waals surface area contributed by atoms with Crippen LogP contribution in [0.3, 0.4) is 0 Å². The fourth-order valence-corrected chi connectivity index (χ4v) is 18.5. The van der Waals surface area contributed by atoms with Crippen molar-refractivity contribution in [2.75, 3.05) is 0 Å². The molecule has 58 heavy (non-hydrogen) atoms. The Morgan fingerprint density at radius 2 is 1.14 bits per heavy atom. The van der Waals surface area contributed by atoms with Gasteiger partial charge in [-0.05, 0) is 0 Å². The number of unbranched alkanes of at least 4 members (excludes halogenated alkanes) is 2. The van der Waals surface area contributed by atoms with Crippen LogP contribution in [0.1, 0.15) is 123 Å². The standard InChI is InChI=1S/C41H37.C9H18.C5H5.2ClH.Zr/c1-40(2,3)38-24-34-28(22-36(38)32-19-11-15-26-13-7-9-17-30(26)32)21-29-23-37(39(25-35(29)34)41(4,5)6)33-20-12-16-27-14-8-10-18-31(27)33;1-3-5-7-9-8-6-4-2;1-2-4-5-3-1;;;/h7-20,22,24-25H,21H2,1-6H3;3-8H2,1-2H3;1-3H,4H2;2*1H;/q;;;;;+2/p-2. The number of rotatable bonds is 10. The Kier molecular flexibility index (Phi) is 13.8. The fourth-order valence-electron chi connectivity index (χ4n) is 9.63. The van der Waals surface area contributed by atoms with Gasteiger partial charge in [0.05, 0.1) is 0 Å². The number of hydrogen-bond acceptors (Lipinski definition) is 0. The zero-order valence-electron chi connectivity index (χ0n) is 36.0. The Bertz CT molecular complexity index is 2550. The molecule has 0 spiro atoms. The molecular formula is C55H60Cl2Zr. The summed E-state index contributed by atoms with van der Waals surface area (Å²) in [4.78, 5) is 0. The van der Waals surface area contributed by atoms with E-state index in [0.29, 0.717) is 0 Å². The van der Waals surface area contributed by atoms with Gasteiger partial charge in [-0.15, -0.1) is 0 Å². The van der Waals surface area contributed by atoms with Gasteiger partial charge in [0.15, 0.2) is 0 Å². The van der Waals surface area contributed by atoms with Crippen molar-refractivity contribution in [3.63, 3.8) is 0 Å². The number of allylic oxidation sites excluding steroid dienone is 4. The molecule has 6 aromatic rings. The molecule has 2 aliphatic carbocycles. The first-order chi connectivity index (χ1) is 27.0. The average molecular weight is 883 g/mol. The van der Waals surface area contributed by atoms with Crippen LogP contribution in [-0.4, -0.2) is 3.21 Å². The van der Waals surface area contributed by atoms with E-state index in [1.807, 2.05) is 3.21 Å². The van der Waals surface area contributed by atoms with E-state index < -0.39 is 21.3 Å². The maximum Gasteiger partial charge on any atom is -1.00 e. The van der Waals surface area contributed by atoms with Gasteiger partial charge in [-0.3, -0.25) is 0 Å². The summed E-state index contributed by atoms with van der Waals surface area (Å²) in [6.45, 7) is 19.4. The van der Waals surface area contributed by atoms with Crippen LogP contribution >= 0.6 is 0 Å². The quantitative estimate of drug-likeness (QED) is 0.129. The number of halogens is 2. The molecule has 8 rings (SSSR count). The predicted octanol–water partition coefficient (Wildman–Crippen LogP) is 9.14. The van der Waals surface area contributed by atoms with Crippen LogP contribution in [0.15, 0.2) is 125 Å². The number of hydrogen-bond donors (Lipinski definition) is 0. The monoisotopic (exact) mass is 880 g/mol. The van der Waals surface area contributed by atoms with Crippen molar-refractivity contribution >= 4 is 28.0 Å². The van der Waals surface area contributed by atoms with E-state index in [1.54, 1.807) is 17.7 Å². The molecule has 0 radical (unpaired) electrons. The van der Waals surface area contributed by atoms with E-state index in [2.05, 4.69) is 177 Å². The largest absolute Gasteiger partial charge is 1.00 e. The molecular weight excluding hydrogens is 823 g/mol. The van der Waals surface area contributed by atoms with Crippen molar-refractivity contribution in [2.45, 2.75) is 118 Å². The maximum atomic E-state index is 2.67. The minimum atomic E-state index is -2.70. The summed E-state index contributed by atoms with van der Waals surface area (Å²) >= 11 is -2.70. The summed E-state index contributed by atoms with van der Waals surface area (Å²) in [6, 6.07) is 40.0. The van der Waals surface area contributed by atoms with Gasteiger partial charge in [0.25, 0.3) is 0 Å². The van der Waals surface area contributed by atoms with Gasteiger partial charge >= 0.3 is 347 Å². The van der Waals surface area contributed by atoms with E-state index in [1.165, 1.54) is 105 Å². The third-order valence-corrected chi connectivity index (χ3v) is 20.5. The topological polar surface area (TPSA) is 0 Å². The molecule has 0 aliphatic heterocycles. The van der Waals surface area contributed by atoms with Gasteiger partial charge in [-0.25, -0.2) is 0 Å². The van der Waals surface area contributed by atoms with E-state index in [-0.39, 0.29) is 35.6 Å². The molecule has 0 N–H and O–H groups in total. The van der Waals surface area contributed by atoms with Crippen LogP contribution in [-0.2, 0) is 38.5 Å². The Morgan fingerprint density at radius 3 is 1.71 bits per heavy atom. The molecule has 0 amide bonds. The first-order valence-corrected chi connectivity index (χ1v) is 25.1. The van der Waals surface area contributed by atoms with E-state index in [9.17, 15) is 0 Å². The van der Waals surface area contributed by atoms with Gasteiger partial charge in [0.2, 0.25) is 0 Å².